The van der Waals surface area contributed by atoms with Gasteiger partial charge in [-0.05, 0) is 43.5 Å². The van der Waals surface area contributed by atoms with Crippen LogP contribution >= 0.6 is 0 Å². The van der Waals surface area contributed by atoms with Gasteiger partial charge in [-0.3, -0.25) is 9.88 Å². The number of aryl methyl sites for hydroxylation is 1. The van der Waals surface area contributed by atoms with Crippen LogP contribution in [0.25, 0.3) is 0 Å². The van der Waals surface area contributed by atoms with Crippen molar-refractivity contribution in [1.29, 1.82) is 0 Å². The second-order valence-corrected chi connectivity index (χ2v) is 9.88. The highest BCUT2D eigenvalue weighted by atomic mass is 32.2. The van der Waals surface area contributed by atoms with Crippen LogP contribution in [0, 0.1) is 0 Å². The first-order valence-corrected chi connectivity index (χ1v) is 12.2. The summed E-state index contributed by atoms with van der Waals surface area (Å²) in [5.74, 6) is 0.0507. The molecule has 0 saturated carbocycles. The molecule has 0 radical (unpaired) electrons. The van der Waals surface area contributed by atoms with Gasteiger partial charge in [0.1, 0.15) is 0 Å². The Morgan fingerprint density at radius 2 is 1.87 bits per heavy atom. The number of imidazole rings is 1. The van der Waals surface area contributed by atoms with Crippen LogP contribution in [0.1, 0.15) is 42.8 Å². The van der Waals surface area contributed by atoms with Crippen LogP contribution in [0.2, 0.25) is 0 Å². The maximum absolute atomic E-state index is 12.7. The smallest absolute Gasteiger partial charge is 0.227 e. The fourth-order valence-corrected chi connectivity index (χ4v) is 5.17. The number of pyridine rings is 1. The summed E-state index contributed by atoms with van der Waals surface area (Å²) in [5.41, 5.74) is 3.21. The van der Waals surface area contributed by atoms with E-state index in [9.17, 15) is 8.42 Å². The summed E-state index contributed by atoms with van der Waals surface area (Å²) in [4.78, 5) is 11.3. The highest BCUT2D eigenvalue weighted by Crippen LogP contribution is 2.32. The Hall–Kier alpha value is -2.51. The Labute approximate surface area is 178 Å². The molecule has 0 aliphatic carbocycles. The van der Waals surface area contributed by atoms with E-state index < -0.39 is 9.84 Å². The van der Waals surface area contributed by atoms with Gasteiger partial charge in [0, 0.05) is 19.3 Å². The van der Waals surface area contributed by atoms with E-state index in [-0.39, 0.29) is 17.0 Å². The van der Waals surface area contributed by atoms with Gasteiger partial charge in [0.25, 0.3) is 0 Å². The third-order valence-electron chi connectivity index (χ3n) is 5.78. The monoisotopic (exact) mass is 424 g/mol. The van der Waals surface area contributed by atoms with Gasteiger partial charge >= 0.3 is 0 Å². The van der Waals surface area contributed by atoms with E-state index in [2.05, 4.69) is 33.1 Å². The predicted octanol–water partition coefficient (Wildman–Crippen LogP) is 3.65. The van der Waals surface area contributed by atoms with Gasteiger partial charge in [-0.25, -0.2) is 13.4 Å². The van der Waals surface area contributed by atoms with E-state index >= 15 is 0 Å². The summed E-state index contributed by atoms with van der Waals surface area (Å²) in [7, 11) is -3.39. The number of likely N-dealkylation sites (tertiary alicyclic amines) is 1. The molecule has 1 fully saturated rings. The van der Waals surface area contributed by atoms with E-state index in [1.54, 1.807) is 13.1 Å². The number of hydrogen-bond acceptors (Lipinski definition) is 5. The molecule has 1 saturated heterocycles. The van der Waals surface area contributed by atoms with E-state index in [1.165, 1.54) is 5.56 Å². The second kappa shape index (κ2) is 9.10. The highest BCUT2D eigenvalue weighted by molar-refractivity contribution is 7.91. The van der Waals surface area contributed by atoms with Crippen molar-refractivity contribution in [3.8, 4) is 0 Å². The molecule has 4 rings (SSSR count). The standard InChI is InChI=1S/C23H28N4O2S/c1-2-30(28,29)23-25-17-20(27(23)16-13-19-9-4-3-5-10-19)18-26-15-8-12-22(26)21-11-6-7-14-24-21/h3-7,9-11,14,17,22H,2,8,12-13,15-16,18H2,1H3/t22-/m1/s1. The number of nitrogens with zero attached hydrogens (tertiary/aromatic N) is 4. The van der Waals surface area contributed by atoms with Gasteiger partial charge in [-0.1, -0.05) is 43.3 Å². The first kappa shape index (κ1) is 20.8. The van der Waals surface area contributed by atoms with Crippen molar-refractivity contribution < 1.29 is 8.42 Å². The quantitative estimate of drug-likeness (QED) is 0.552. The van der Waals surface area contributed by atoms with Gasteiger partial charge in [-0.2, -0.15) is 0 Å². The van der Waals surface area contributed by atoms with Gasteiger partial charge < -0.3 is 4.57 Å². The molecule has 1 atom stereocenters. The van der Waals surface area contributed by atoms with Crippen LogP contribution in [0.3, 0.4) is 0 Å². The average molecular weight is 425 g/mol. The van der Waals surface area contributed by atoms with Crippen LogP contribution in [-0.4, -0.2) is 40.2 Å². The van der Waals surface area contributed by atoms with Crippen molar-refractivity contribution in [2.45, 2.75) is 50.5 Å². The van der Waals surface area contributed by atoms with Crippen LogP contribution in [-0.2, 0) is 29.3 Å². The SMILES string of the molecule is CCS(=O)(=O)c1ncc(CN2CCC[C@@H]2c2ccccn2)n1CCc1ccccc1. The van der Waals surface area contributed by atoms with E-state index in [0.717, 1.165) is 37.2 Å². The topological polar surface area (TPSA) is 68.1 Å². The molecule has 0 bridgehead atoms. The molecule has 2 aromatic heterocycles. The first-order valence-electron chi connectivity index (χ1n) is 10.5. The lowest BCUT2D eigenvalue weighted by molar-refractivity contribution is 0.237. The van der Waals surface area contributed by atoms with Crippen LogP contribution in [0.5, 0.6) is 0 Å². The Kier molecular flexibility index (Phi) is 6.29. The van der Waals surface area contributed by atoms with Crippen molar-refractivity contribution in [2.24, 2.45) is 0 Å². The van der Waals surface area contributed by atoms with Crippen molar-refractivity contribution in [3.05, 3.63) is 77.9 Å². The van der Waals surface area contributed by atoms with Gasteiger partial charge in [0.2, 0.25) is 15.0 Å². The van der Waals surface area contributed by atoms with Gasteiger partial charge in [0.15, 0.2) is 0 Å². The molecule has 30 heavy (non-hydrogen) atoms. The zero-order valence-electron chi connectivity index (χ0n) is 17.3. The molecular formula is C23H28N4O2S. The van der Waals surface area contributed by atoms with Crippen molar-refractivity contribution in [1.82, 2.24) is 19.4 Å². The van der Waals surface area contributed by atoms with Crippen LogP contribution in [0.15, 0.2) is 66.1 Å². The molecule has 1 aliphatic heterocycles. The maximum Gasteiger partial charge on any atom is 0.227 e. The normalized spacial score (nSPS) is 17.4. The number of sulfone groups is 1. The number of benzene rings is 1. The lowest BCUT2D eigenvalue weighted by atomic mass is 10.1. The summed E-state index contributed by atoms with van der Waals surface area (Å²) in [5, 5.41) is 0.185. The van der Waals surface area contributed by atoms with Crippen molar-refractivity contribution in [2.75, 3.05) is 12.3 Å². The first-order chi connectivity index (χ1) is 14.6. The molecule has 0 spiro atoms. The van der Waals surface area contributed by atoms with Gasteiger partial charge in [0.05, 0.1) is 29.4 Å². The Morgan fingerprint density at radius 1 is 1.07 bits per heavy atom. The largest absolute Gasteiger partial charge is 0.317 e. The molecule has 7 heteroatoms. The second-order valence-electron chi connectivity index (χ2n) is 7.71. The van der Waals surface area contributed by atoms with Crippen molar-refractivity contribution in [3.63, 3.8) is 0 Å². The van der Waals surface area contributed by atoms with E-state index in [1.807, 2.05) is 41.1 Å². The molecule has 0 unspecified atom stereocenters. The lowest BCUT2D eigenvalue weighted by Crippen LogP contribution is -2.25. The molecule has 0 amide bonds. The molecule has 6 nitrogen and oxygen atoms in total. The molecule has 0 N–H and O–H groups in total. The summed E-state index contributed by atoms with van der Waals surface area (Å²) >= 11 is 0. The molecule has 1 aromatic carbocycles. The van der Waals surface area contributed by atoms with Crippen LogP contribution in [0.4, 0.5) is 0 Å². The zero-order chi connectivity index (χ0) is 21.0. The third kappa shape index (κ3) is 4.47. The molecule has 1 aliphatic rings. The lowest BCUT2D eigenvalue weighted by Gasteiger charge is -2.24. The fraction of sp³-hybridized carbons (Fsp3) is 0.391. The summed E-state index contributed by atoms with van der Waals surface area (Å²) in [6.45, 7) is 3.90. The molecular weight excluding hydrogens is 396 g/mol. The van der Waals surface area contributed by atoms with E-state index in [0.29, 0.717) is 13.1 Å². The average Bonchev–Trinajstić information content (AvgIpc) is 3.41. The Bertz CT molecular complexity index is 1070. The minimum Gasteiger partial charge on any atom is -0.317 e. The minimum absolute atomic E-state index is 0.0507. The zero-order valence-corrected chi connectivity index (χ0v) is 18.1. The van der Waals surface area contributed by atoms with Gasteiger partial charge in [-0.15, -0.1) is 0 Å². The highest BCUT2D eigenvalue weighted by Gasteiger charge is 2.29. The van der Waals surface area contributed by atoms with E-state index in [4.69, 9.17) is 0 Å². The molecule has 3 heterocycles. The number of rotatable bonds is 8. The Balaban J connectivity index is 1.61. The Morgan fingerprint density at radius 3 is 2.60 bits per heavy atom. The summed E-state index contributed by atoms with van der Waals surface area (Å²) in [6.07, 6.45) is 6.51. The molecule has 158 valence electrons. The van der Waals surface area contributed by atoms with Crippen molar-refractivity contribution >= 4 is 9.84 Å². The summed E-state index contributed by atoms with van der Waals surface area (Å²) in [6, 6.07) is 16.4. The predicted molar refractivity (Wildman–Crippen MR) is 117 cm³/mol. The number of aromatic nitrogens is 3. The maximum atomic E-state index is 12.7. The van der Waals surface area contributed by atoms with Crippen LogP contribution < -0.4 is 0 Å². The summed E-state index contributed by atoms with van der Waals surface area (Å²) < 4.78 is 27.2. The molecule has 3 aromatic rings. The minimum atomic E-state index is -3.39. The fourth-order valence-electron chi connectivity index (χ4n) is 4.15. The third-order valence-corrected chi connectivity index (χ3v) is 7.43. The number of hydrogen-bond donors (Lipinski definition) is 0.